The van der Waals surface area contributed by atoms with Gasteiger partial charge >= 0.3 is 5.97 Å². The number of carboxylic acid groups (broad SMARTS) is 1. The molecule has 0 radical (unpaired) electrons. The van der Waals surface area contributed by atoms with Crippen molar-refractivity contribution in [3.05, 3.63) is 71.7 Å². The van der Waals surface area contributed by atoms with Crippen molar-refractivity contribution in [2.75, 3.05) is 18.0 Å². The third-order valence-corrected chi connectivity index (χ3v) is 7.63. The molecule has 0 unspecified atom stereocenters. The maximum Gasteiger partial charge on any atom is 0.308 e. The number of aromatic nitrogens is 3. The summed E-state index contributed by atoms with van der Waals surface area (Å²) < 4.78 is 16.2. The summed E-state index contributed by atoms with van der Waals surface area (Å²) in [5, 5.41) is 14.5. The molecule has 1 saturated carbocycles. The molecule has 0 amide bonds. The molecular formula is C28H27FN4O2. The second-order valence-electron chi connectivity index (χ2n) is 9.92. The topological polar surface area (TPSA) is 70.7 Å². The van der Waals surface area contributed by atoms with Gasteiger partial charge in [-0.25, -0.2) is 9.37 Å². The zero-order valence-corrected chi connectivity index (χ0v) is 19.7. The Kier molecular flexibility index (Phi) is 5.09. The maximum absolute atomic E-state index is 14.4. The quantitative estimate of drug-likeness (QED) is 0.416. The molecule has 1 aliphatic heterocycles. The van der Waals surface area contributed by atoms with Gasteiger partial charge in [0.25, 0.3) is 0 Å². The Morgan fingerprint density at radius 1 is 1.03 bits per heavy atom. The molecule has 1 spiro atoms. The molecule has 2 fully saturated rings. The number of carboxylic acids is 1. The lowest BCUT2D eigenvalue weighted by Crippen LogP contribution is -2.37. The lowest BCUT2D eigenvalue weighted by atomic mass is 9.93. The summed E-state index contributed by atoms with van der Waals surface area (Å²) in [7, 11) is 0. The van der Waals surface area contributed by atoms with E-state index in [4.69, 9.17) is 10.1 Å². The highest BCUT2D eigenvalue weighted by molar-refractivity contribution is 5.76. The van der Waals surface area contributed by atoms with Crippen LogP contribution in [0.5, 0.6) is 0 Å². The maximum atomic E-state index is 14.4. The Bertz CT molecular complexity index is 1450. The number of nitrogens with zero attached hydrogens (tertiary/aromatic N) is 4. The number of aryl methyl sites for hydroxylation is 1. The number of piperidine rings is 1. The van der Waals surface area contributed by atoms with E-state index in [0.29, 0.717) is 27.9 Å². The van der Waals surface area contributed by atoms with E-state index in [-0.39, 0.29) is 12.2 Å². The average molecular weight is 471 g/mol. The van der Waals surface area contributed by atoms with Crippen LogP contribution < -0.4 is 4.90 Å². The van der Waals surface area contributed by atoms with E-state index in [1.165, 1.54) is 18.9 Å². The van der Waals surface area contributed by atoms with Crippen molar-refractivity contribution < 1.29 is 14.3 Å². The first-order chi connectivity index (χ1) is 16.9. The van der Waals surface area contributed by atoms with Gasteiger partial charge < -0.3 is 10.0 Å². The van der Waals surface area contributed by atoms with Crippen LogP contribution >= 0.6 is 0 Å². The number of rotatable bonds is 5. The molecule has 35 heavy (non-hydrogen) atoms. The van der Waals surface area contributed by atoms with Gasteiger partial charge in [0.15, 0.2) is 5.65 Å². The lowest BCUT2D eigenvalue weighted by molar-refractivity contribution is -0.136. The highest BCUT2D eigenvalue weighted by Gasteiger charge is 2.45. The van der Waals surface area contributed by atoms with E-state index in [2.05, 4.69) is 4.90 Å². The number of hydrogen-bond donors (Lipinski definition) is 1. The van der Waals surface area contributed by atoms with Crippen LogP contribution in [0.3, 0.4) is 0 Å². The molecule has 0 bridgehead atoms. The number of benzene rings is 2. The van der Waals surface area contributed by atoms with Crippen molar-refractivity contribution in [2.45, 2.75) is 39.0 Å². The summed E-state index contributed by atoms with van der Waals surface area (Å²) in [6, 6.07) is 16.3. The minimum Gasteiger partial charge on any atom is -0.481 e. The van der Waals surface area contributed by atoms with Gasteiger partial charge in [0.2, 0.25) is 0 Å². The molecule has 1 saturated heterocycles. The van der Waals surface area contributed by atoms with E-state index >= 15 is 0 Å². The van der Waals surface area contributed by atoms with E-state index in [1.807, 2.05) is 43.3 Å². The summed E-state index contributed by atoms with van der Waals surface area (Å²) in [6.45, 7) is 3.66. The zero-order chi connectivity index (χ0) is 24.2. The minimum atomic E-state index is -0.879. The number of halogens is 1. The van der Waals surface area contributed by atoms with E-state index in [9.17, 15) is 14.3 Å². The second-order valence-corrected chi connectivity index (χ2v) is 9.92. The molecule has 1 aliphatic carbocycles. The lowest BCUT2D eigenvalue weighted by Gasteiger charge is -2.35. The molecule has 6 rings (SSSR count). The van der Waals surface area contributed by atoms with Crippen molar-refractivity contribution in [3.8, 4) is 22.4 Å². The Hall–Kier alpha value is -3.74. The van der Waals surface area contributed by atoms with Gasteiger partial charge in [-0.3, -0.25) is 4.79 Å². The summed E-state index contributed by atoms with van der Waals surface area (Å²) in [4.78, 5) is 18.7. The minimum absolute atomic E-state index is 0.0935. The third-order valence-electron chi connectivity index (χ3n) is 7.63. The fourth-order valence-electron chi connectivity index (χ4n) is 5.37. The summed E-state index contributed by atoms with van der Waals surface area (Å²) in [5.41, 5.74) is 5.52. The molecule has 178 valence electrons. The third kappa shape index (κ3) is 3.95. The fraction of sp³-hybridized carbons (Fsp3) is 0.321. The first-order valence-corrected chi connectivity index (χ1v) is 12.1. The molecule has 0 atom stereocenters. The Morgan fingerprint density at radius 3 is 2.49 bits per heavy atom. The molecule has 1 N–H and O–H groups in total. The van der Waals surface area contributed by atoms with Crippen molar-refractivity contribution in [3.63, 3.8) is 0 Å². The molecule has 6 nitrogen and oxygen atoms in total. The first kappa shape index (κ1) is 21.8. The second kappa shape index (κ2) is 8.18. The smallest absolute Gasteiger partial charge is 0.308 e. The average Bonchev–Trinajstić information content (AvgIpc) is 3.47. The van der Waals surface area contributed by atoms with Crippen molar-refractivity contribution in [1.29, 1.82) is 0 Å². The molecule has 3 heterocycles. The molecule has 7 heteroatoms. The SMILES string of the molecule is Cc1nc2cc(-c3cccc(-c4ccccc4F)c3)nn2c(N2CCC3(CC2)CC3)c1CC(=O)O. The van der Waals surface area contributed by atoms with Crippen LogP contribution in [0.15, 0.2) is 54.6 Å². The van der Waals surface area contributed by atoms with Crippen LogP contribution in [-0.4, -0.2) is 38.8 Å². The summed E-state index contributed by atoms with van der Waals surface area (Å²) >= 11 is 0. The monoisotopic (exact) mass is 470 g/mol. The van der Waals surface area contributed by atoms with Gasteiger partial charge in [0.1, 0.15) is 11.6 Å². The predicted molar refractivity (Wildman–Crippen MR) is 133 cm³/mol. The summed E-state index contributed by atoms with van der Waals surface area (Å²) in [5.74, 6) is -0.311. The number of aliphatic carboxylic acids is 1. The van der Waals surface area contributed by atoms with Crippen LogP contribution in [0.25, 0.3) is 28.0 Å². The number of anilines is 1. The Balaban J connectivity index is 1.46. The molecule has 2 aromatic carbocycles. The van der Waals surface area contributed by atoms with Crippen molar-refractivity contribution in [1.82, 2.24) is 14.6 Å². The van der Waals surface area contributed by atoms with Crippen molar-refractivity contribution >= 4 is 17.4 Å². The van der Waals surface area contributed by atoms with Crippen LogP contribution in [0.1, 0.15) is 36.9 Å². The molecule has 2 aromatic heterocycles. The highest BCUT2D eigenvalue weighted by atomic mass is 19.1. The summed E-state index contributed by atoms with van der Waals surface area (Å²) in [6.07, 6.45) is 4.77. The van der Waals surface area contributed by atoms with Gasteiger partial charge in [-0.05, 0) is 55.7 Å². The van der Waals surface area contributed by atoms with Crippen LogP contribution in [0.4, 0.5) is 10.2 Å². The fourth-order valence-corrected chi connectivity index (χ4v) is 5.37. The molecule has 4 aromatic rings. The van der Waals surface area contributed by atoms with E-state index < -0.39 is 5.97 Å². The first-order valence-electron chi connectivity index (χ1n) is 12.1. The number of hydrogen-bond acceptors (Lipinski definition) is 4. The van der Waals surface area contributed by atoms with Crippen LogP contribution in [-0.2, 0) is 11.2 Å². The number of fused-ring (bicyclic) bond motifs is 1. The van der Waals surface area contributed by atoms with Gasteiger partial charge in [-0.15, -0.1) is 0 Å². The van der Waals surface area contributed by atoms with Gasteiger partial charge in [-0.1, -0.05) is 36.4 Å². The van der Waals surface area contributed by atoms with Gasteiger partial charge in [-0.2, -0.15) is 9.61 Å². The van der Waals surface area contributed by atoms with E-state index in [0.717, 1.165) is 48.6 Å². The highest BCUT2D eigenvalue weighted by Crippen LogP contribution is 2.54. The van der Waals surface area contributed by atoms with Gasteiger partial charge in [0, 0.05) is 41.5 Å². The Labute approximate surface area is 203 Å². The molecule has 2 aliphatic rings. The van der Waals surface area contributed by atoms with Crippen LogP contribution in [0, 0.1) is 18.2 Å². The zero-order valence-electron chi connectivity index (χ0n) is 19.7. The Morgan fingerprint density at radius 2 is 1.77 bits per heavy atom. The predicted octanol–water partition coefficient (Wildman–Crippen LogP) is 5.52. The molecular weight excluding hydrogens is 443 g/mol. The van der Waals surface area contributed by atoms with Crippen LogP contribution in [0.2, 0.25) is 0 Å². The normalized spacial score (nSPS) is 16.7. The van der Waals surface area contributed by atoms with E-state index in [1.54, 1.807) is 16.6 Å². The van der Waals surface area contributed by atoms with Gasteiger partial charge in [0.05, 0.1) is 12.1 Å². The largest absolute Gasteiger partial charge is 0.481 e. The standard InChI is InChI=1S/C28H27FN4O2/c1-18-22(16-26(34)35)27(32-13-11-28(9-10-28)12-14-32)33-25(30-18)17-24(31-33)20-6-4-5-19(15-20)21-7-2-3-8-23(21)29/h2-8,15,17H,9-14,16H2,1H3,(H,34,35). The van der Waals surface area contributed by atoms with Crippen molar-refractivity contribution in [2.24, 2.45) is 5.41 Å². The number of carbonyl (C=O) groups is 1.